The lowest BCUT2D eigenvalue weighted by molar-refractivity contribution is -0.118. The smallest absolute Gasteiger partial charge is 0.250 e. The minimum absolute atomic E-state index is 0.172. The van der Waals surface area contributed by atoms with Crippen LogP contribution < -0.4 is 5.43 Å². The quantitative estimate of drug-likeness (QED) is 0.337. The molecular formula is C19H17Cl2N5OS. The van der Waals surface area contributed by atoms with E-state index in [1.807, 2.05) is 41.8 Å². The van der Waals surface area contributed by atoms with Gasteiger partial charge in [0, 0.05) is 12.1 Å². The lowest BCUT2D eigenvalue weighted by Crippen LogP contribution is -2.20. The number of thioether (sulfide) groups is 1. The number of carbonyl (C=O) groups excluding carboxylic acids is 1. The molecule has 0 aliphatic rings. The summed E-state index contributed by atoms with van der Waals surface area (Å²) in [6.45, 7) is 2.72. The van der Waals surface area contributed by atoms with Crippen LogP contribution in [0.1, 0.15) is 12.5 Å². The van der Waals surface area contributed by atoms with Crippen LogP contribution in [0.4, 0.5) is 0 Å². The molecule has 1 amide bonds. The van der Waals surface area contributed by atoms with Gasteiger partial charge in [-0.1, -0.05) is 71.4 Å². The number of nitrogens with one attached hydrogen (secondary N) is 1. The van der Waals surface area contributed by atoms with Crippen LogP contribution in [0.3, 0.4) is 0 Å². The largest absolute Gasteiger partial charge is 0.302 e. The molecule has 0 saturated heterocycles. The summed E-state index contributed by atoms with van der Waals surface area (Å²) < 4.78 is 1.98. The Bertz CT molecular complexity index is 991. The van der Waals surface area contributed by atoms with E-state index in [1.54, 1.807) is 18.2 Å². The van der Waals surface area contributed by atoms with Crippen LogP contribution in [-0.2, 0) is 11.3 Å². The van der Waals surface area contributed by atoms with Gasteiger partial charge < -0.3 is 4.57 Å². The van der Waals surface area contributed by atoms with Gasteiger partial charge in [-0.2, -0.15) is 5.10 Å². The molecule has 0 aliphatic heterocycles. The zero-order chi connectivity index (χ0) is 19.9. The van der Waals surface area contributed by atoms with Gasteiger partial charge in [0.1, 0.15) is 0 Å². The molecule has 144 valence electrons. The van der Waals surface area contributed by atoms with Gasteiger partial charge in [0.15, 0.2) is 11.0 Å². The van der Waals surface area contributed by atoms with Crippen molar-refractivity contribution in [3.8, 4) is 11.4 Å². The van der Waals surface area contributed by atoms with Crippen molar-refractivity contribution in [2.75, 3.05) is 5.75 Å². The molecule has 0 radical (unpaired) electrons. The monoisotopic (exact) mass is 433 g/mol. The average molecular weight is 434 g/mol. The molecule has 28 heavy (non-hydrogen) atoms. The number of hydrogen-bond donors (Lipinski definition) is 1. The van der Waals surface area contributed by atoms with E-state index in [-0.39, 0.29) is 11.7 Å². The number of hydrogen-bond acceptors (Lipinski definition) is 5. The zero-order valence-corrected chi connectivity index (χ0v) is 17.3. The van der Waals surface area contributed by atoms with Crippen molar-refractivity contribution in [2.45, 2.75) is 18.6 Å². The molecule has 0 unspecified atom stereocenters. The summed E-state index contributed by atoms with van der Waals surface area (Å²) in [5.41, 5.74) is 4.21. The highest BCUT2D eigenvalue weighted by atomic mass is 35.5. The molecule has 0 aliphatic carbocycles. The molecule has 6 nitrogen and oxygen atoms in total. The van der Waals surface area contributed by atoms with Gasteiger partial charge in [0.25, 0.3) is 5.91 Å². The summed E-state index contributed by atoms with van der Waals surface area (Å²) in [6, 6.07) is 14.9. The number of rotatable bonds is 7. The standard InChI is InChI=1S/C19H17Cl2N5OS/c1-2-26-18(14-6-4-3-5-7-14)24-25-19(26)28-12-17(27)23-22-11-13-8-9-15(20)16(21)10-13/h3-11H,2,12H2,1H3,(H,23,27)/b22-11-. The van der Waals surface area contributed by atoms with E-state index in [9.17, 15) is 4.79 Å². The van der Waals surface area contributed by atoms with Gasteiger partial charge in [-0.3, -0.25) is 4.79 Å². The number of aromatic nitrogens is 3. The molecule has 3 aromatic rings. The lowest BCUT2D eigenvalue weighted by atomic mass is 10.2. The van der Waals surface area contributed by atoms with Gasteiger partial charge in [-0.25, -0.2) is 5.43 Å². The van der Waals surface area contributed by atoms with Crippen LogP contribution >= 0.6 is 35.0 Å². The van der Waals surface area contributed by atoms with Crippen molar-refractivity contribution in [1.82, 2.24) is 20.2 Å². The Morgan fingerprint density at radius 2 is 1.96 bits per heavy atom. The molecule has 1 aromatic heterocycles. The second-order valence-corrected chi connectivity index (χ2v) is 7.43. The van der Waals surface area contributed by atoms with Crippen molar-refractivity contribution in [2.24, 2.45) is 5.10 Å². The fourth-order valence-corrected chi connectivity index (χ4v) is 3.52. The number of amides is 1. The number of halogens is 2. The fraction of sp³-hybridized carbons (Fsp3) is 0.158. The van der Waals surface area contributed by atoms with E-state index in [2.05, 4.69) is 20.7 Å². The molecule has 0 atom stereocenters. The zero-order valence-electron chi connectivity index (χ0n) is 15.0. The van der Waals surface area contributed by atoms with E-state index >= 15 is 0 Å². The Labute approximate surface area is 177 Å². The number of hydrazone groups is 1. The van der Waals surface area contributed by atoms with Crippen molar-refractivity contribution >= 4 is 47.1 Å². The fourth-order valence-electron chi connectivity index (χ4n) is 2.42. The summed E-state index contributed by atoms with van der Waals surface area (Å²) in [4.78, 5) is 12.1. The van der Waals surface area contributed by atoms with Crippen molar-refractivity contribution < 1.29 is 4.79 Å². The Balaban J connectivity index is 1.58. The molecule has 3 rings (SSSR count). The highest BCUT2D eigenvalue weighted by Gasteiger charge is 2.14. The molecule has 1 heterocycles. The Hall–Kier alpha value is -2.35. The maximum Gasteiger partial charge on any atom is 0.250 e. The molecule has 0 bridgehead atoms. The van der Waals surface area contributed by atoms with Gasteiger partial charge in [0.2, 0.25) is 0 Å². The van der Waals surface area contributed by atoms with E-state index in [0.29, 0.717) is 21.7 Å². The molecule has 0 saturated carbocycles. The number of nitrogens with zero attached hydrogens (tertiary/aromatic N) is 4. The van der Waals surface area contributed by atoms with Crippen LogP contribution in [0.25, 0.3) is 11.4 Å². The molecule has 2 aromatic carbocycles. The maximum atomic E-state index is 12.1. The highest BCUT2D eigenvalue weighted by Crippen LogP contribution is 2.24. The van der Waals surface area contributed by atoms with Crippen molar-refractivity contribution in [1.29, 1.82) is 0 Å². The van der Waals surface area contributed by atoms with E-state index < -0.39 is 0 Å². The second-order valence-electron chi connectivity index (χ2n) is 5.67. The van der Waals surface area contributed by atoms with Crippen molar-refractivity contribution in [3.63, 3.8) is 0 Å². The second kappa shape index (κ2) is 9.73. The Kier molecular flexibility index (Phi) is 7.08. The summed E-state index contributed by atoms with van der Waals surface area (Å²) in [5.74, 6) is 0.711. The summed E-state index contributed by atoms with van der Waals surface area (Å²) in [6.07, 6.45) is 1.51. The lowest BCUT2D eigenvalue weighted by Gasteiger charge is -2.06. The first kappa shape index (κ1) is 20.4. The van der Waals surface area contributed by atoms with Crippen LogP contribution in [-0.4, -0.2) is 32.6 Å². The third-order valence-electron chi connectivity index (χ3n) is 3.74. The van der Waals surface area contributed by atoms with Gasteiger partial charge >= 0.3 is 0 Å². The first-order chi connectivity index (χ1) is 13.6. The molecule has 1 N–H and O–H groups in total. The van der Waals surface area contributed by atoms with E-state index in [0.717, 1.165) is 17.0 Å². The van der Waals surface area contributed by atoms with Crippen LogP contribution in [0.2, 0.25) is 10.0 Å². The number of carbonyl (C=O) groups is 1. The van der Waals surface area contributed by atoms with Crippen molar-refractivity contribution in [3.05, 3.63) is 64.1 Å². The van der Waals surface area contributed by atoms with Gasteiger partial charge in [-0.15, -0.1) is 10.2 Å². The third-order valence-corrected chi connectivity index (χ3v) is 5.45. The SMILES string of the molecule is CCn1c(SCC(=O)N/N=C\c2ccc(Cl)c(Cl)c2)nnc1-c1ccccc1. The number of benzene rings is 2. The predicted octanol–water partition coefficient (Wildman–Crippen LogP) is 4.51. The topological polar surface area (TPSA) is 72.2 Å². The minimum atomic E-state index is -0.242. The normalized spacial score (nSPS) is 11.1. The molecule has 0 fully saturated rings. The first-order valence-corrected chi connectivity index (χ1v) is 10.2. The Morgan fingerprint density at radius 1 is 1.18 bits per heavy atom. The predicted molar refractivity (Wildman–Crippen MR) is 114 cm³/mol. The van der Waals surface area contributed by atoms with Gasteiger partial charge in [-0.05, 0) is 24.6 Å². The molecule has 9 heteroatoms. The third kappa shape index (κ3) is 5.13. The van der Waals surface area contributed by atoms with Crippen LogP contribution in [0.5, 0.6) is 0 Å². The maximum absolute atomic E-state index is 12.1. The highest BCUT2D eigenvalue weighted by molar-refractivity contribution is 7.99. The molecule has 0 spiro atoms. The van der Waals surface area contributed by atoms with Crippen LogP contribution in [0, 0.1) is 0 Å². The summed E-state index contributed by atoms with van der Waals surface area (Å²) in [7, 11) is 0. The first-order valence-electron chi connectivity index (χ1n) is 8.47. The summed E-state index contributed by atoms with van der Waals surface area (Å²) >= 11 is 13.1. The van der Waals surface area contributed by atoms with E-state index in [1.165, 1.54) is 18.0 Å². The molecular weight excluding hydrogens is 417 g/mol. The van der Waals surface area contributed by atoms with E-state index in [4.69, 9.17) is 23.2 Å². The minimum Gasteiger partial charge on any atom is -0.302 e. The average Bonchev–Trinajstić information content (AvgIpc) is 3.12. The Morgan fingerprint density at radius 3 is 2.68 bits per heavy atom. The van der Waals surface area contributed by atoms with Gasteiger partial charge in [0.05, 0.1) is 22.0 Å². The summed E-state index contributed by atoms with van der Waals surface area (Å²) in [5, 5.41) is 14.0. The van der Waals surface area contributed by atoms with Crippen LogP contribution in [0.15, 0.2) is 58.8 Å².